The number of esters is 2. The summed E-state index contributed by atoms with van der Waals surface area (Å²) in [6.07, 6.45) is 5.43. The van der Waals surface area contributed by atoms with Crippen LogP contribution in [0.15, 0.2) is 47.5 Å². The molecule has 0 fully saturated rings. The van der Waals surface area contributed by atoms with E-state index in [0.29, 0.717) is 63.2 Å². The van der Waals surface area contributed by atoms with Crippen molar-refractivity contribution in [2.75, 3.05) is 49.2 Å². The number of nitrogens with zero attached hydrogens (tertiary/aromatic N) is 6. The monoisotopic (exact) mass is 674 g/mol. The molecule has 0 saturated heterocycles. The lowest BCUT2D eigenvalue weighted by Crippen LogP contribution is -2.21. The van der Waals surface area contributed by atoms with Gasteiger partial charge in [0.15, 0.2) is 0 Å². The number of carbonyl (C=O) groups is 2. The normalized spacial score (nSPS) is 11.2. The van der Waals surface area contributed by atoms with Crippen molar-refractivity contribution < 1.29 is 28.9 Å². The van der Waals surface area contributed by atoms with Gasteiger partial charge in [-0.15, -0.1) is 0 Å². The van der Waals surface area contributed by atoms with Gasteiger partial charge in [-0.05, 0) is 77.0 Å². The summed E-state index contributed by atoms with van der Waals surface area (Å²) in [6.45, 7) is 10.5. The van der Waals surface area contributed by atoms with Gasteiger partial charge in [0.05, 0.1) is 34.2 Å². The standard InChI is InChI=1S/C35H42N6O8/c1-5-38(6-2)30-16-14-26(32(22-30)40(44)45)20-28(24-36)34(42)48-18-12-10-9-11-13-19-49-35(43)29(25-37)21-27-15-17-31(39(7-3)8-4)23-33(27)41(46)47/h14-17,20-23H,5-13,18-19H2,1-4H3/b28-20+,29-21+. The molecule has 0 atom stereocenters. The van der Waals surface area contributed by atoms with Crippen molar-refractivity contribution in [3.8, 4) is 12.1 Å². The zero-order chi connectivity index (χ0) is 36.3. The van der Waals surface area contributed by atoms with E-state index in [4.69, 9.17) is 9.47 Å². The van der Waals surface area contributed by atoms with Crippen LogP contribution in [0.1, 0.15) is 70.9 Å². The smallest absolute Gasteiger partial charge is 0.348 e. The Morgan fingerprint density at radius 1 is 0.673 bits per heavy atom. The fourth-order valence-electron chi connectivity index (χ4n) is 5.00. The molecule has 0 radical (unpaired) electrons. The Balaban J connectivity index is 1.83. The largest absolute Gasteiger partial charge is 0.462 e. The van der Waals surface area contributed by atoms with Crippen molar-refractivity contribution in [1.82, 2.24) is 0 Å². The Hall–Kier alpha value is -5.76. The average molecular weight is 675 g/mol. The average Bonchev–Trinajstić information content (AvgIpc) is 3.10. The van der Waals surface area contributed by atoms with Crippen molar-refractivity contribution >= 4 is 46.8 Å². The van der Waals surface area contributed by atoms with E-state index < -0.39 is 21.8 Å². The van der Waals surface area contributed by atoms with Gasteiger partial charge < -0.3 is 19.3 Å². The second kappa shape index (κ2) is 20.5. The van der Waals surface area contributed by atoms with Crippen LogP contribution in [0.4, 0.5) is 22.7 Å². The fraction of sp³-hybridized carbons (Fsp3) is 0.429. The molecule has 0 unspecified atom stereocenters. The maximum absolute atomic E-state index is 12.5. The molecule has 0 aliphatic heterocycles. The highest BCUT2D eigenvalue weighted by molar-refractivity contribution is 5.99. The van der Waals surface area contributed by atoms with Crippen molar-refractivity contribution in [2.45, 2.75) is 59.8 Å². The van der Waals surface area contributed by atoms with Gasteiger partial charge >= 0.3 is 11.9 Å². The van der Waals surface area contributed by atoms with Crippen LogP contribution in [0, 0.1) is 42.9 Å². The predicted molar refractivity (Wildman–Crippen MR) is 185 cm³/mol. The van der Waals surface area contributed by atoms with Crippen LogP contribution in [-0.4, -0.2) is 61.2 Å². The molecule has 0 bridgehead atoms. The number of ether oxygens (including phenoxy) is 2. The van der Waals surface area contributed by atoms with Crippen molar-refractivity contribution in [3.63, 3.8) is 0 Å². The third-order valence-corrected chi connectivity index (χ3v) is 7.71. The second-order valence-electron chi connectivity index (χ2n) is 10.7. The summed E-state index contributed by atoms with van der Waals surface area (Å²) in [5.41, 5.74) is 0.433. The van der Waals surface area contributed by atoms with Gasteiger partial charge in [0.25, 0.3) is 11.4 Å². The van der Waals surface area contributed by atoms with Crippen LogP contribution < -0.4 is 9.80 Å². The molecule has 0 saturated carbocycles. The Morgan fingerprint density at radius 3 is 1.33 bits per heavy atom. The molecule has 0 N–H and O–H groups in total. The number of carbonyl (C=O) groups excluding carboxylic acids is 2. The van der Waals surface area contributed by atoms with E-state index in [1.54, 1.807) is 24.3 Å². The van der Waals surface area contributed by atoms with E-state index in [2.05, 4.69) is 0 Å². The van der Waals surface area contributed by atoms with Gasteiger partial charge in [-0.1, -0.05) is 19.3 Å². The van der Waals surface area contributed by atoms with Crippen LogP contribution in [0.25, 0.3) is 12.2 Å². The van der Waals surface area contributed by atoms with Gasteiger partial charge in [0, 0.05) is 49.7 Å². The molecule has 2 rings (SSSR count). The number of hydrogen-bond donors (Lipinski definition) is 0. The number of unbranched alkanes of at least 4 members (excludes halogenated alkanes) is 4. The summed E-state index contributed by atoms with van der Waals surface area (Å²) in [6, 6.07) is 12.8. The minimum Gasteiger partial charge on any atom is -0.462 e. The van der Waals surface area contributed by atoms with Gasteiger partial charge in [0.1, 0.15) is 23.3 Å². The minimum absolute atomic E-state index is 0.0498. The van der Waals surface area contributed by atoms with Crippen LogP contribution in [0.5, 0.6) is 0 Å². The molecule has 14 nitrogen and oxygen atoms in total. The number of nitriles is 2. The summed E-state index contributed by atoms with van der Waals surface area (Å²) in [5.74, 6) is -1.74. The van der Waals surface area contributed by atoms with Gasteiger partial charge in [-0.3, -0.25) is 20.2 Å². The molecule has 14 heteroatoms. The molecule has 49 heavy (non-hydrogen) atoms. The van der Waals surface area contributed by atoms with E-state index in [1.807, 2.05) is 37.5 Å². The van der Waals surface area contributed by atoms with E-state index in [1.165, 1.54) is 24.3 Å². The zero-order valence-electron chi connectivity index (χ0n) is 28.3. The lowest BCUT2D eigenvalue weighted by molar-refractivity contribution is -0.385. The van der Waals surface area contributed by atoms with Gasteiger partial charge in [0.2, 0.25) is 0 Å². The van der Waals surface area contributed by atoms with Crippen LogP contribution in [-0.2, 0) is 19.1 Å². The lowest BCUT2D eigenvalue weighted by Gasteiger charge is -2.20. The number of nitro groups is 2. The Morgan fingerprint density at radius 2 is 1.02 bits per heavy atom. The quantitative estimate of drug-likeness (QED) is 0.0359. The van der Waals surface area contributed by atoms with Crippen molar-refractivity contribution in [2.24, 2.45) is 0 Å². The summed E-state index contributed by atoms with van der Waals surface area (Å²) in [7, 11) is 0. The van der Waals surface area contributed by atoms with E-state index >= 15 is 0 Å². The van der Waals surface area contributed by atoms with Crippen molar-refractivity contribution in [3.05, 3.63) is 78.9 Å². The Kier molecular flexibility index (Phi) is 16.5. The number of nitro benzene ring substituents is 2. The van der Waals surface area contributed by atoms with Crippen LogP contribution in [0.2, 0.25) is 0 Å². The summed E-state index contributed by atoms with van der Waals surface area (Å²) >= 11 is 0. The third-order valence-electron chi connectivity index (χ3n) is 7.71. The van der Waals surface area contributed by atoms with E-state index in [0.717, 1.165) is 18.6 Å². The molecule has 2 aromatic carbocycles. The Labute approximate surface area is 286 Å². The maximum Gasteiger partial charge on any atom is 0.348 e. The summed E-state index contributed by atoms with van der Waals surface area (Å²) < 4.78 is 10.4. The first kappa shape index (κ1) is 39.4. The number of rotatable bonds is 20. The molecule has 0 amide bonds. The van der Waals surface area contributed by atoms with Gasteiger partial charge in [-0.2, -0.15) is 10.5 Å². The topological polar surface area (TPSA) is 193 Å². The third kappa shape index (κ3) is 11.8. The lowest BCUT2D eigenvalue weighted by atomic mass is 10.1. The van der Waals surface area contributed by atoms with Crippen LogP contribution in [0.3, 0.4) is 0 Å². The Bertz CT molecular complexity index is 1510. The second-order valence-corrected chi connectivity index (χ2v) is 10.7. The highest BCUT2D eigenvalue weighted by Crippen LogP contribution is 2.29. The molecular formula is C35H42N6O8. The summed E-state index contributed by atoms with van der Waals surface area (Å²) in [5, 5.41) is 42.3. The van der Waals surface area contributed by atoms with E-state index in [-0.39, 0.29) is 46.9 Å². The molecular weight excluding hydrogens is 632 g/mol. The number of hydrogen-bond acceptors (Lipinski definition) is 12. The maximum atomic E-state index is 12.5. The highest BCUT2D eigenvalue weighted by Gasteiger charge is 2.20. The first-order chi connectivity index (χ1) is 23.5. The zero-order valence-corrected chi connectivity index (χ0v) is 28.3. The van der Waals surface area contributed by atoms with Gasteiger partial charge in [-0.25, -0.2) is 9.59 Å². The summed E-state index contributed by atoms with van der Waals surface area (Å²) in [4.78, 5) is 51.1. The fourth-order valence-corrected chi connectivity index (χ4v) is 5.00. The van der Waals surface area contributed by atoms with E-state index in [9.17, 15) is 40.3 Å². The molecule has 0 heterocycles. The molecule has 0 aromatic heterocycles. The number of benzene rings is 2. The predicted octanol–water partition coefficient (Wildman–Crippen LogP) is 6.75. The molecule has 260 valence electrons. The molecule has 0 spiro atoms. The first-order valence-corrected chi connectivity index (χ1v) is 16.2. The number of anilines is 2. The van der Waals surface area contributed by atoms with Crippen LogP contribution >= 0.6 is 0 Å². The highest BCUT2D eigenvalue weighted by atomic mass is 16.6. The molecule has 2 aromatic rings. The SMILES string of the molecule is CCN(CC)c1ccc(/C=C(\C#N)C(=O)OCCCCCCCOC(=O)/C(C#N)=C/c2ccc(N(CC)CC)cc2[N+](=O)[O-])c([N+](=O)[O-])c1. The van der Waals surface area contributed by atoms with Crippen molar-refractivity contribution in [1.29, 1.82) is 10.5 Å². The first-order valence-electron chi connectivity index (χ1n) is 16.2. The molecule has 0 aliphatic carbocycles. The molecule has 0 aliphatic rings. The minimum atomic E-state index is -0.872.